The Kier molecular flexibility index (Phi) is 2.83. The lowest BCUT2D eigenvalue weighted by atomic mass is 9.60. The van der Waals surface area contributed by atoms with Crippen LogP contribution in [0.15, 0.2) is 22.3 Å². The van der Waals surface area contributed by atoms with Crippen molar-refractivity contribution in [1.82, 2.24) is 0 Å². The van der Waals surface area contributed by atoms with E-state index in [9.17, 15) is 19.8 Å². The van der Waals surface area contributed by atoms with Gasteiger partial charge >= 0.3 is 0 Å². The lowest BCUT2D eigenvalue weighted by Crippen LogP contribution is -2.62. The minimum absolute atomic E-state index is 0.110. The maximum absolute atomic E-state index is 13.1. The summed E-state index contributed by atoms with van der Waals surface area (Å²) in [5.74, 6) is -1.10. The number of carbonyl (C=O) groups excluding carboxylic acids is 2. The molecular formula is C20H20O8. The number of hydrogen-bond acceptors (Lipinski definition) is 8. The van der Waals surface area contributed by atoms with Gasteiger partial charge in [0, 0.05) is 23.0 Å². The van der Waals surface area contributed by atoms with Gasteiger partial charge in [0.15, 0.2) is 11.6 Å². The summed E-state index contributed by atoms with van der Waals surface area (Å²) < 4.78 is 23.4. The van der Waals surface area contributed by atoms with Crippen molar-refractivity contribution in [2.24, 2.45) is 11.8 Å². The topological polar surface area (TPSA) is 118 Å². The fourth-order valence-electron chi connectivity index (χ4n) is 6.43. The molecule has 0 radical (unpaired) electrons. The largest absolute Gasteiger partial charge is 0.386 e. The molecule has 148 valence electrons. The van der Waals surface area contributed by atoms with E-state index in [1.54, 1.807) is 0 Å². The molecule has 0 spiro atoms. The number of Topliss-reactive ketones (excluding diaryl/α,β-unsaturated/α-hetero) is 2. The molecule has 2 N–H and O–H groups in total. The summed E-state index contributed by atoms with van der Waals surface area (Å²) in [6, 6.07) is 0. The standard InChI is InChI=1S/C20H20O8/c1-3-5-6-4(2)26-16(10-8(6)12(22)18-20(28-18)14(10)24)15(25-3)9-7(5)11(21)17-19(27-17)13(9)23/h3-6,13-20,23-24H,1-2H3/t3-,4-,5-,6-,13+,14+,15-,16-,17+,18+,19-,20-/m1/s1. The van der Waals surface area contributed by atoms with Crippen LogP contribution >= 0.6 is 0 Å². The van der Waals surface area contributed by atoms with Crippen molar-refractivity contribution in [3.63, 3.8) is 0 Å². The Balaban J connectivity index is 1.50. The third-order valence-corrected chi connectivity index (χ3v) is 7.66. The van der Waals surface area contributed by atoms with Crippen LogP contribution < -0.4 is 0 Å². The van der Waals surface area contributed by atoms with Gasteiger partial charge in [-0.3, -0.25) is 9.59 Å². The number of fused-ring (bicyclic) bond motifs is 4. The zero-order chi connectivity index (χ0) is 19.2. The average molecular weight is 388 g/mol. The molecule has 28 heavy (non-hydrogen) atoms. The third kappa shape index (κ3) is 1.67. The van der Waals surface area contributed by atoms with Gasteiger partial charge in [-0.25, -0.2) is 0 Å². The monoisotopic (exact) mass is 388 g/mol. The summed E-state index contributed by atoms with van der Waals surface area (Å²) in [5, 5.41) is 21.8. The fourth-order valence-corrected chi connectivity index (χ4v) is 6.43. The van der Waals surface area contributed by atoms with E-state index in [2.05, 4.69) is 0 Å². The second kappa shape index (κ2) is 4.83. The van der Waals surface area contributed by atoms with Crippen LogP contribution in [0, 0.1) is 11.8 Å². The Hall–Kier alpha value is -1.42. The number of aliphatic hydroxyl groups is 2. The van der Waals surface area contributed by atoms with Gasteiger partial charge in [0.1, 0.15) is 48.8 Å². The molecule has 12 atom stereocenters. The van der Waals surface area contributed by atoms with Crippen molar-refractivity contribution in [2.75, 3.05) is 0 Å². The molecule has 2 saturated heterocycles. The van der Waals surface area contributed by atoms with Crippen molar-refractivity contribution in [2.45, 2.75) is 74.9 Å². The van der Waals surface area contributed by atoms with Gasteiger partial charge < -0.3 is 29.2 Å². The minimum Gasteiger partial charge on any atom is -0.386 e. The van der Waals surface area contributed by atoms with E-state index in [0.717, 1.165) is 0 Å². The molecule has 4 heterocycles. The maximum Gasteiger partial charge on any atom is 0.190 e. The fraction of sp³-hybridized carbons (Fsp3) is 0.700. The summed E-state index contributed by atoms with van der Waals surface area (Å²) >= 11 is 0. The minimum atomic E-state index is -0.943. The molecule has 0 aromatic carbocycles. The average Bonchev–Trinajstić information content (AvgIpc) is 3.53. The zero-order valence-electron chi connectivity index (χ0n) is 15.3. The Bertz CT molecular complexity index is 845. The number of ether oxygens (including phenoxy) is 4. The van der Waals surface area contributed by atoms with Gasteiger partial charge in [-0.05, 0) is 25.0 Å². The normalized spacial score (nSPS) is 58.0. The summed E-state index contributed by atoms with van der Waals surface area (Å²) in [5.41, 5.74) is 2.12. The van der Waals surface area contributed by atoms with Gasteiger partial charge in [-0.2, -0.15) is 0 Å². The molecule has 4 aliphatic heterocycles. The Morgan fingerprint density at radius 2 is 1.04 bits per heavy atom. The van der Waals surface area contributed by atoms with E-state index in [1.807, 2.05) is 13.8 Å². The Labute approximate surface area is 160 Å². The van der Waals surface area contributed by atoms with Crippen LogP contribution in [0.25, 0.3) is 0 Å². The lowest BCUT2D eigenvalue weighted by molar-refractivity contribution is -0.177. The molecule has 0 aromatic rings. The molecule has 8 nitrogen and oxygen atoms in total. The van der Waals surface area contributed by atoms with E-state index in [0.29, 0.717) is 22.3 Å². The van der Waals surface area contributed by atoms with E-state index in [1.165, 1.54) is 0 Å². The smallest absolute Gasteiger partial charge is 0.190 e. The Morgan fingerprint density at radius 3 is 1.43 bits per heavy atom. The molecular weight excluding hydrogens is 368 g/mol. The van der Waals surface area contributed by atoms with Gasteiger partial charge in [-0.1, -0.05) is 0 Å². The summed E-state index contributed by atoms with van der Waals surface area (Å²) in [6.07, 6.45) is -6.30. The first-order valence-corrected chi connectivity index (χ1v) is 9.94. The number of rotatable bonds is 0. The molecule has 3 aliphatic carbocycles. The van der Waals surface area contributed by atoms with Gasteiger partial charge in [-0.15, -0.1) is 0 Å². The molecule has 4 bridgehead atoms. The number of carbonyl (C=O) groups is 2. The van der Waals surface area contributed by atoms with Crippen LogP contribution in [0.4, 0.5) is 0 Å². The van der Waals surface area contributed by atoms with Crippen LogP contribution in [0.2, 0.25) is 0 Å². The second-order valence-corrected chi connectivity index (χ2v) is 8.97. The summed E-state index contributed by atoms with van der Waals surface area (Å²) in [6.45, 7) is 3.80. The summed E-state index contributed by atoms with van der Waals surface area (Å²) in [7, 11) is 0. The van der Waals surface area contributed by atoms with E-state index in [4.69, 9.17) is 18.9 Å². The molecule has 0 saturated carbocycles. The first-order chi connectivity index (χ1) is 13.4. The predicted octanol–water partition coefficient (Wildman–Crippen LogP) is -1.18. The van der Waals surface area contributed by atoms with E-state index in [-0.39, 0.29) is 23.8 Å². The number of hydrogen-bond donors (Lipinski definition) is 2. The maximum atomic E-state index is 13.1. The van der Waals surface area contributed by atoms with Crippen LogP contribution in [0.1, 0.15) is 13.8 Å². The SMILES string of the molecule is C[C@H]1O[C@@H]2C3=C(C(=O)[C@@H]4O[C@@H]4[C@H]3O)[C@H]1[C@@H]1C3=C([C@H]2O[C@@H]1C)[C@H](O)[C@H]1O[C@H]1C3=O. The third-order valence-electron chi connectivity index (χ3n) is 7.66. The molecule has 0 aromatic heterocycles. The number of ketones is 2. The molecule has 7 aliphatic rings. The molecule has 0 unspecified atom stereocenters. The van der Waals surface area contributed by atoms with Crippen molar-refractivity contribution >= 4 is 11.6 Å². The second-order valence-electron chi connectivity index (χ2n) is 8.97. The van der Waals surface area contributed by atoms with Crippen LogP contribution in [-0.4, -0.2) is 82.8 Å². The summed E-state index contributed by atoms with van der Waals surface area (Å²) in [4.78, 5) is 26.3. The van der Waals surface area contributed by atoms with Crippen molar-refractivity contribution in [3.05, 3.63) is 22.3 Å². The van der Waals surface area contributed by atoms with Crippen molar-refractivity contribution in [1.29, 1.82) is 0 Å². The van der Waals surface area contributed by atoms with E-state index < -0.39 is 60.7 Å². The van der Waals surface area contributed by atoms with Crippen molar-refractivity contribution in [3.8, 4) is 0 Å². The molecule has 7 rings (SSSR count). The van der Waals surface area contributed by atoms with Gasteiger partial charge in [0.2, 0.25) is 0 Å². The molecule has 2 fully saturated rings. The Morgan fingerprint density at radius 1 is 0.643 bits per heavy atom. The number of aliphatic hydroxyl groups excluding tert-OH is 2. The van der Waals surface area contributed by atoms with Gasteiger partial charge in [0.05, 0.1) is 12.2 Å². The highest BCUT2D eigenvalue weighted by Gasteiger charge is 2.68. The highest BCUT2D eigenvalue weighted by atomic mass is 16.6. The van der Waals surface area contributed by atoms with Crippen LogP contribution in [0.5, 0.6) is 0 Å². The van der Waals surface area contributed by atoms with Crippen molar-refractivity contribution < 1.29 is 38.7 Å². The van der Waals surface area contributed by atoms with Crippen LogP contribution in [0.3, 0.4) is 0 Å². The quantitative estimate of drug-likeness (QED) is 0.498. The predicted molar refractivity (Wildman–Crippen MR) is 89.1 cm³/mol. The highest BCUT2D eigenvalue weighted by molar-refractivity contribution is 6.07. The first kappa shape index (κ1) is 16.4. The highest BCUT2D eigenvalue weighted by Crippen LogP contribution is 2.57. The molecule has 0 amide bonds. The zero-order valence-corrected chi connectivity index (χ0v) is 15.3. The lowest BCUT2D eigenvalue weighted by Gasteiger charge is -2.55. The first-order valence-electron chi connectivity index (χ1n) is 9.94. The molecule has 8 heteroatoms. The van der Waals surface area contributed by atoms with Gasteiger partial charge in [0.25, 0.3) is 0 Å². The number of epoxide rings is 2. The van der Waals surface area contributed by atoms with Crippen LogP contribution in [-0.2, 0) is 28.5 Å². The van der Waals surface area contributed by atoms with E-state index >= 15 is 0 Å².